The SMILES string of the molecule is CC/C=C\C/C=C\C/C=C\C/C=C\C/C=C\C/C=C\C/C=C\CCCCCCCCCC(=O)OC(COC(=O)CCCCCCC/C=C\CCCCC)COP(=O)([O-])OCC[N+](C)(C)C. The maximum atomic E-state index is 12.7. The molecule has 2 unspecified atom stereocenters. The van der Waals surface area contributed by atoms with Crippen molar-refractivity contribution in [3.8, 4) is 0 Å². The van der Waals surface area contributed by atoms with Crippen LogP contribution in [0.15, 0.2) is 97.2 Å². The van der Waals surface area contributed by atoms with Crippen molar-refractivity contribution in [2.45, 2.75) is 193 Å². The molecular weight excluding hydrogens is 834 g/mol. The van der Waals surface area contributed by atoms with Gasteiger partial charge in [0.15, 0.2) is 6.10 Å². The van der Waals surface area contributed by atoms with Crippen molar-refractivity contribution in [3.63, 3.8) is 0 Å². The minimum atomic E-state index is -4.64. The summed E-state index contributed by atoms with van der Waals surface area (Å²) in [5, 5.41) is 0. The molecule has 0 saturated carbocycles. The van der Waals surface area contributed by atoms with Gasteiger partial charge >= 0.3 is 11.9 Å². The fourth-order valence-electron chi connectivity index (χ4n) is 6.39. The number of hydrogen-bond donors (Lipinski definition) is 0. The number of carbonyl (C=O) groups excluding carboxylic acids is 2. The zero-order chi connectivity index (χ0) is 47.8. The van der Waals surface area contributed by atoms with Crippen LogP contribution in [0.4, 0.5) is 0 Å². The minimum Gasteiger partial charge on any atom is -0.756 e. The van der Waals surface area contributed by atoms with E-state index in [0.29, 0.717) is 23.9 Å². The highest BCUT2D eigenvalue weighted by Gasteiger charge is 2.21. The van der Waals surface area contributed by atoms with Gasteiger partial charge in [0.1, 0.15) is 19.8 Å². The van der Waals surface area contributed by atoms with Gasteiger partial charge < -0.3 is 27.9 Å². The fourth-order valence-corrected chi connectivity index (χ4v) is 7.12. The highest BCUT2D eigenvalue weighted by atomic mass is 31.2. The molecule has 0 aromatic rings. The number of allylic oxidation sites excluding steroid dienone is 16. The maximum absolute atomic E-state index is 12.7. The average Bonchev–Trinajstić information content (AvgIpc) is 3.26. The topological polar surface area (TPSA) is 111 Å². The van der Waals surface area contributed by atoms with Crippen LogP contribution in [0.25, 0.3) is 0 Å². The summed E-state index contributed by atoms with van der Waals surface area (Å²) >= 11 is 0. The van der Waals surface area contributed by atoms with E-state index in [-0.39, 0.29) is 26.1 Å². The van der Waals surface area contributed by atoms with Crippen molar-refractivity contribution in [1.82, 2.24) is 0 Å². The molecule has 0 heterocycles. The Balaban J connectivity index is 4.25. The number of likely N-dealkylation sites (N-methyl/N-ethyl adjacent to an activating group) is 1. The molecule has 9 nitrogen and oxygen atoms in total. The van der Waals surface area contributed by atoms with E-state index in [2.05, 4.69) is 111 Å². The van der Waals surface area contributed by atoms with Crippen molar-refractivity contribution < 1.29 is 42.1 Å². The number of nitrogens with zero attached hydrogens (tertiary/aromatic N) is 1. The highest BCUT2D eigenvalue weighted by molar-refractivity contribution is 7.45. The molecule has 10 heteroatoms. The molecule has 2 atom stereocenters. The average molecular weight is 928 g/mol. The second-order valence-corrected chi connectivity index (χ2v) is 19.2. The van der Waals surface area contributed by atoms with Gasteiger partial charge in [-0.25, -0.2) is 0 Å². The zero-order valence-electron chi connectivity index (χ0n) is 41.9. The first-order chi connectivity index (χ1) is 31.5. The number of carbonyl (C=O) groups is 2. The molecule has 0 rings (SSSR count). The van der Waals surface area contributed by atoms with E-state index < -0.39 is 32.5 Å². The van der Waals surface area contributed by atoms with E-state index in [1.54, 1.807) is 0 Å². The van der Waals surface area contributed by atoms with Gasteiger partial charge in [0, 0.05) is 12.8 Å². The van der Waals surface area contributed by atoms with Crippen LogP contribution in [-0.2, 0) is 32.7 Å². The monoisotopic (exact) mass is 928 g/mol. The van der Waals surface area contributed by atoms with Gasteiger partial charge in [-0.05, 0) is 96.3 Å². The highest BCUT2D eigenvalue weighted by Crippen LogP contribution is 2.38. The quantitative estimate of drug-likeness (QED) is 0.0195. The Labute approximate surface area is 398 Å². The molecule has 0 bridgehead atoms. The Morgan fingerprint density at radius 1 is 0.492 bits per heavy atom. The third kappa shape index (κ3) is 50.2. The molecule has 372 valence electrons. The molecule has 0 amide bonds. The molecule has 0 aromatic heterocycles. The molecule has 0 aromatic carbocycles. The van der Waals surface area contributed by atoms with E-state index in [1.165, 1.54) is 38.5 Å². The van der Waals surface area contributed by atoms with Gasteiger partial charge in [0.05, 0.1) is 27.7 Å². The van der Waals surface area contributed by atoms with Crippen molar-refractivity contribution >= 4 is 19.8 Å². The van der Waals surface area contributed by atoms with Crippen LogP contribution < -0.4 is 4.89 Å². The number of ether oxygens (including phenoxy) is 2. The number of phosphoric ester groups is 1. The molecule has 0 fully saturated rings. The third-order valence-corrected chi connectivity index (χ3v) is 11.3. The number of esters is 2. The Morgan fingerprint density at radius 3 is 1.32 bits per heavy atom. The predicted octanol–water partition coefficient (Wildman–Crippen LogP) is 14.7. The summed E-state index contributed by atoms with van der Waals surface area (Å²) in [7, 11) is 1.14. The van der Waals surface area contributed by atoms with E-state index in [1.807, 2.05) is 21.1 Å². The van der Waals surface area contributed by atoms with Crippen LogP contribution in [0, 0.1) is 0 Å². The molecule has 0 radical (unpaired) electrons. The van der Waals surface area contributed by atoms with Crippen molar-refractivity contribution in [2.24, 2.45) is 0 Å². The Hall–Kier alpha value is -3.07. The van der Waals surface area contributed by atoms with Crippen LogP contribution >= 0.6 is 7.82 Å². The summed E-state index contributed by atoms with van der Waals surface area (Å²) in [6.07, 6.45) is 61.6. The van der Waals surface area contributed by atoms with Gasteiger partial charge in [-0.1, -0.05) is 175 Å². The van der Waals surface area contributed by atoms with Gasteiger partial charge in [-0.15, -0.1) is 0 Å². The van der Waals surface area contributed by atoms with E-state index >= 15 is 0 Å². The number of phosphoric acid groups is 1. The molecule has 0 aliphatic rings. The normalized spacial score (nSPS) is 14.2. The molecular formula is C55H94NO8P. The molecule has 65 heavy (non-hydrogen) atoms. The largest absolute Gasteiger partial charge is 0.756 e. The van der Waals surface area contributed by atoms with Crippen LogP contribution in [0.1, 0.15) is 187 Å². The number of quaternary nitrogens is 1. The van der Waals surface area contributed by atoms with Gasteiger partial charge in [-0.2, -0.15) is 0 Å². The first-order valence-electron chi connectivity index (χ1n) is 25.4. The van der Waals surface area contributed by atoms with Gasteiger partial charge in [0.25, 0.3) is 7.82 Å². The third-order valence-electron chi connectivity index (χ3n) is 10.3. The number of unbranched alkanes of at least 4 members (excludes halogenated alkanes) is 15. The van der Waals surface area contributed by atoms with Crippen molar-refractivity contribution in [3.05, 3.63) is 97.2 Å². The van der Waals surface area contributed by atoms with Gasteiger partial charge in [-0.3, -0.25) is 14.2 Å². The Morgan fingerprint density at radius 2 is 0.877 bits per heavy atom. The van der Waals surface area contributed by atoms with Gasteiger partial charge in [0.2, 0.25) is 0 Å². The predicted molar refractivity (Wildman–Crippen MR) is 272 cm³/mol. The lowest BCUT2D eigenvalue weighted by atomic mass is 10.1. The Bertz CT molecular complexity index is 1420. The molecule has 0 spiro atoms. The first-order valence-corrected chi connectivity index (χ1v) is 26.9. The molecule has 0 aliphatic carbocycles. The van der Waals surface area contributed by atoms with Crippen LogP contribution in [0.5, 0.6) is 0 Å². The minimum absolute atomic E-state index is 0.0394. The summed E-state index contributed by atoms with van der Waals surface area (Å²) < 4.78 is 34.0. The smallest absolute Gasteiger partial charge is 0.306 e. The van der Waals surface area contributed by atoms with E-state index in [4.69, 9.17) is 18.5 Å². The molecule has 0 N–H and O–H groups in total. The van der Waals surface area contributed by atoms with Crippen LogP contribution in [0.3, 0.4) is 0 Å². The van der Waals surface area contributed by atoms with Crippen molar-refractivity contribution in [2.75, 3.05) is 47.5 Å². The summed E-state index contributed by atoms with van der Waals surface area (Å²) in [4.78, 5) is 37.6. The standard InChI is InChI=1S/C55H94NO8P/c1-6-8-10-12-14-16-18-20-21-22-23-24-25-26-27-28-29-30-31-32-33-34-35-36-38-40-42-44-46-48-55(58)64-53(52-63-65(59,60)62-50-49-56(3,4)5)51-61-54(57)47-45-43-41-39-37-19-17-15-13-11-9-7-2/h8,10,14-17,20-21,23-24,26-27,29-30,32-33,53H,6-7,9,11-13,18-19,22,25,28,31,34-52H2,1-5H3/b10-8-,16-14-,17-15-,21-20-,24-23-,27-26-,30-29-,33-32-. The first kappa shape index (κ1) is 61.9. The Kier molecular flexibility index (Phi) is 43.9. The second kappa shape index (κ2) is 46.1. The number of hydrogen-bond acceptors (Lipinski definition) is 8. The molecule has 0 saturated heterocycles. The summed E-state index contributed by atoms with van der Waals surface area (Å²) in [5.74, 6) is -0.865. The summed E-state index contributed by atoms with van der Waals surface area (Å²) in [6.45, 7) is 4.05. The second-order valence-electron chi connectivity index (χ2n) is 17.8. The lowest BCUT2D eigenvalue weighted by molar-refractivity contribution is -0.870. The van der Waals surface area contributed by atoms with E-state index in [0.717, 1.165) is 109 Å². The maximum Gasteiger partial charge on any atom is 0.306 e. The van der Waals surface area contributed by atoms with E-state index in [9.17, 15) is 19.0 Å². The summed E-state index contributed by atoms with van der Waals surface area (Å²) in [6, 6.07) is 0. The zero-order valence-corrected chi connectivity index (χ0v) is 42.8. The summed E-state index contributed by atoms with van der Waals surface area (Å²) in [5.41, 5.74) is 0. The van der Waals surface area contributed by atoms with Crippen LogP contribution in [0.2, 0.25) is 0 Å². The lowest BCUT2D eigenvalue weighted by Crippen LogP contribution is -2.37. The van der Waals surface area contributed by atoms with Crippen LogP contribution in [-0.4, -0.2) is 70.0 Å². The van der Waals surface area contributed by atoms with Crippen molar-refractivity contribution in [1.29, 1.82) is 0 Å². The lowest BCUT2D eigenvalue weighted by Gasteiger charge is -2.28. The fraction of sp³-hybridized carbons (Fsp3) is 0.673. The molecule has 0 aliphatic heterocycles. The number of rotatable bonds is 45.